The highest BCUT2D eigenvalue weighted by Gasteiger charge is 2.21. The van der Waals surface area contributed by atoms with Crippen molar-refractivity contribution in [1.29, 1.82) is 0 Å². The lowest BCUT2D eigenvalue weighted by Gasteiger charge is -2.35. The molecule has 1 fully saturated rings. The first kappa shape index (κ1) is 19.7. The molecule has 0 saturated carbocycles. The predicted octanol–water partition coefficient (Wildman–Crippen LogP) is 2.72. The van der Waals surface area contributed by atoms with Gasteiger partial charge >= 0.3 is 6.03 Å². The number of nitrogens with one attached hydrogen (secondary N) is 1. The molecule has 2 amide bonds. The standard InChI is InChI=1S/C20H34N4O/c1-16-6-8-18(9-7-16)17(2)21-20(25)24(5)15-14-23(4)19-10-12-22(3)13-11-19/h6-9,17,19H,10-15H2,1-5H3,(H,21,25). The molecule has 1 N–H and O–H groups in total. The summed E-state index contributed by atoms with van der Waals surface area (Å²) in [5.41, 5.74) is 2.37. The molecule has 1 aliphatic heterocycles. The van der Waals surface area contributed by atoms with Crippen LogP contribution in [0, 0.1) is 6.92 Å². The van der Waals surface area contributed by atoms with Crippen molar-refractivity contribution >= 4 is 6.03 Å². The summed E-state index contributed by atoms with van der Waals surface area (Å²) in [6.07, 6.45) is 2.43. The van der Waals surface area contributed by atoms with Crippen LogP contribution in [0.25, 0.3) is 0 Å². The van der Waals surface area contributed by atoms with Crippen LogP contribution in [-0.2, 0) is 0 Å². The average molecular weight is 347 g/mol. The van der Waals surface area contributed by atoms with Gasteiger partial charge in [-0.05, 0) is 59.4 Å². The number of benzene rings is 1. The predicted molar refractivity (Wildman–Crippen MR) is 104 cm³/mol. The molecule has 1 saturated heterocycles. The molecule has 1 heterocycles. The molecule has 2 rings (SSSR count). The minimum absolute atomic E-state index is 0.00940. The highest BCUT2D eigenvalue weighted by atomic mass is 16.2. The third-order valence-electron chi connectivity index (χ3n) is 5.36. The van der Waals surface area contributed by atoms with E-state index in [1.54, 1.807) is 4.90 Å². The van der Waals surface area contributed by atoms with Gasteiger partial charge in [0.15, 0.2) is 0 Å². The Hall–Kier alpha value is -1.59. The molecule has 0 spiro atoms. The molecule has 25 heavy (non-hydrogen) atoms. The van der Waals surface area contributed by atoms with Gasteiger partial charge in [-0.2, -0.15) is 0 Å². The molecule has 1 aromatic rings. The number of aryl methyl sites for hydroxylation is 1. The minimum atomic E-state index is -0.00940. The fourth-order valence-corrected chi connectivity index (χ4v) is 3.26. The Labute approximate surface area is 153 Å². The molecule has 5 nitrogen and oxygen atoms in total. The number of likely N-dealkylation sites (tertiary alicyclic amines) is 1. The normalized spacial score (nSPS) is 17.5. The van der Waals surface area contributed by atoms with Crippen molar-refractivity contribution in [3.8, 4) is 0 Å². The van der Waals surface area contributed by atoms with Gasteiger partial charge < -0.3 is 20.0 Å². The topological polar surface area (TPSA) is 38.8 Å². The molecule has 1 unspecified atom stereocenters. The van der Waals surface area contributed by atoms with Crippen molar-refractivity contribution in [3.63, 3.8) is 0 Å². The lowest BCUT2D eigenvalue weighted by Crippen LogP contribution is -2.46. The molecule has 0 aliphatic carbocycles. The fourth-order valence-electron chi connectivity index (χ4n) is 3.26. The summed E-state index contributed by atoms with van der Waals surface area (Å²) in [5, 5.41) is 3.09. The van der Waals surface area contributed by atoms with Crippen LogP contribution in [0.5, 0.6) is 0 Å². The monoisotopic (exact) mass is 346 g/mol. The zero-order valence-electron chi connectivity index (χ0n) is 16.5. The smallest absolute Gasteiger partial charge is 0.317 e. The number of likely N-dealkylation sites (N-methyl/N-ethyl adjacent to an activating group) is 2. The van der Waals surface area contributed by atoms with Gasteiger partial charge in [-0.3, -0.25) is 0 Å². The molecule has 1 aromatic carbocycles. The first-order chi connectivity index (χ1) is 11.9. The van der Waals surface area contributed by atoms with Crippen LogP contribution in [0.1, 0.15) is 36.9 Å². The Morgan fingerprint density at radius 2 is 1.80 bits per heavy atom. The van der Waals surface area contributed by atoms with E-state index in [2.05, 4.69) is 60.4 Å². The molecule has 1 aliphatic rings. The van der Waals surface area contributed by atoms with E-state index in [9.17, 15) is 4.79 Å². The number of carbonyl (C=O) groups excluding carboxylic acids is 1. The number of rotatable bonds is 6. The average Bonchev–Trinajstić information content (AvgIpc) is 2.60. The highest BCUT2D eigenvalue weighted by molar-refractivity contribution is 5.74. The number of hydrogen-bond donors (Lipinski definition) is 1. The van der Waals surface area contributed by atoms with Gasteiger partial charge in [-0.15, -0.1) is 0 Å². The Kier molecular flexibility index (Phi) is 7.26. The molecule has 140 valence electrons. The maximum absolute atomic E-state index is 12.4. The second kappa shape index (κ2) is 9.20. The van der Waals surface area contributed by atoms with Crippen LogP contribution >= 0.6 is 0 Å². The van der Waals surface area contributed by atoms with Crippen molar-refractivity contribution in [1.82, 2.24) is 20.0 Å². The van der Waals surface area contributed by atoms with E-state index >= 15 is 0 Å². The van der Waals surface area contributed by atoms with Crippen LogP contribution in [0.4, 0.5) is 4.79 Å². The van der Waals surface area contributed by atoms with E-state index in [4.69, 9.17) is 0 Å². The van der Waals surface area contributed by atoms with E-state index in [0.717, 1.165) is 18.7 Å². The summed E-state index contributed by atoms with van der Waals surface area (Å²) >= 11 is 0. The van der Waals surface area contributed by atoms with Crippen molar-refractivity contribution in [3.05, 3.63) is 35.4 Å². The number of hydrogen-bond acceptors (Lipinski definition) is 3. The van der Waals surface area contributed by atoms with Crippen LogP contribution in [0.3, 0.4) is 0 Å². The zero-order chi connectivity index (χ0) is 18.4. The molecular weight excluding hydrogens is 312 g/mol. The highest BCUT2D eigenvalue weighted by Crippen LogP contribution is 2.15. The largest absolute Gasteiger partial charge is 0.331 e. The number of urea groups is 1. The van der Waals surface area contributed by atoms with E-state index in [1.807, 2.05) is 14.0 Å². The Morgan fingerprint density at radius 1 is 1.20 bits per heavy atom. The number of piperidine rings is 1. The fraction of sp³-hybridized carbons (Fsp3) is 0.650. The van der Waals surface area contributed by atoms with Crippen LogP contribution in [0.15, 0.2) is 24.3 Å². The van der Waals surface area contributed by atoms with Gasteiger partial charge in [0.05, 0.1) is 6.04 Å². The Bertz CT molecular complexity index is 537. The van der Waals surface area contributed by atoms with Crippen molar-refractivity contribution < 1.29 is 4.79 Å². The third-order valence-corrected chi connectivity index (χ3v) is 5.36. The van der Waals surface area contributed by atoms with E-state index in [-0.39, 0.29) is 12.1 Å². The van der Waals surface area contributed by atoms with E-state index in [1.165, 1.54) is 31.5 Å². The molecule has 1 atom stereocenters. The molecule has 0 bridgehead atoms. The lowest BCUT2D eigenvalue weighted by molar-refractivity contribution is 0.134. The SMILES string of the molecule is Cc1ccc(C(C)NC(=O)N(C)CCN(C)C2CCN(C)CC2)cc1. The van der Waals surface area contributed by atoms with Gasteiger partial charge in [-0.1, -0.05) is 29.8 Å². The summed E-state index contributed by atoms with van der Waals surface area (Å²) in [6.45, 7) is 8.09. The van der Waals surface area contributed by atoms with E-state index in [0.29, 0.717) is 6.04 Å². The summed E-state index contributed by atoms with van der Waals surface area (Å²) < 4.78 is 0. The van der Waals surface area contributed by atoms with Gasteiger partial charge in [0.2, 0.25) is 0 Å². The van der Waals surface area contributed by atoms with Crippen LogP contribution in [-0.4, -0.2) is 74.1 Å². The van der Waals surface area contributed by atoms with Crippen molar-refractivity contribution in [2.24, 2.45) is 0 Å². The Morgan fingerprint density at radius 3 is 2.40 bits per heavy atom. The summed E-state index contributed by atoms with van der Waals surface area (Å²) in [6, 6.07) is 8.96. The number of amides is 2. The third kappa shape index (κ3) is 6.01. The van der Waals surface area contributed by atoms with Gasteiger partial charge in [0.25, 0.3) is 0 Å². The van der Waals surface area contributed by atoms with Crippen molar-refractivity contribution in [2.75, 3.05) is 47.3 Å². The number of nitrogens with zero attached hydrogens (tertiary/aromatic N) is 3. The molecule has 5 heteroatoms. The van der Waals surface area contributed by atoms with E-state index < -0.39 is 0 Å². The summed E-state index contributed by atoms with van der Waals surface area (Å²) in [7, 11) is 6.24. The number of carbonyl (C=O) groups is 1. The lowest BCUT2D eigenvalue weighted by atomic mass is 10.0. The van der Waals surface area contributed by atoms with Gasteiger partial charge in [0, 0.05) is 26.2 Å². The van der Waals surface area contributed by atoms with Crippen LogP contribution in [0.2, 0.25) is 0 Å². The van der Waals surface area contributed by atoms with Gasteiger partial charge in [-0.25, -0.2) is 4.79 Å². The summed E-state index contributed by atoms with van der Waals surface area (Å²) in [5.74, 6) is 0. The molecule has 0 radical (unpaired) electrons. The maximum Gasteiger partial charge on any atom is 0.317 e. The van der Waals surface area contributed by atoms with Crippen LogP contribution < -0.4 is 5.32 Å². The molecule has 0 aromatic heterocycles. The molecular formula is C20H34N4O. The quantitative estimate of drug-likeness (QED) is 0.861. The second-order valence-electron chi connectivity index (χ2n) is 7.52. The van der Waals surface area contributed by atoms with Crippen molar-refractivity contribution in [2.45, 2.75) is 38.8 Å². The Balaban J connectivity index is 1.75. The summed E-state index contributed by atoms with van der Waals surface area (Å²) in [4.78, 5) is 19.0. The maximum atomic E-state index is 12.4. The first-order valence-electron chi connectivity index (χ1n) is 9.34. The minimum Gasteiger partial charge on any atom is -0.331 e. The van der Waals surface area contributed by atoms with Gasteiger partial charge in [0.1, 0.15) is 0 Å². The first-order valence-corrected chi connectivity index (χ1v) is 9.34. The second-order valence-corrected chi connectivity index (χ2v) is 7.52. The zero-order valence-corrected chi connectivity index (χ0v) is 16.5.